The molecule has 286 valence electrons. The zero-order valence-electron chi connectivity index (χ0n) is 32.6. The lowest BCUT2D eigenvalue weighted by Gasteiger charge is -2.11. The lowest BCUT2D eigenvalue weighted by molar-refractivity contribution is 1.18. The van der Waals surface area contributed by atoms with Gasteiger partial charge in [0.2, 0.25) is 0 Å². The Bertz CT molecular complexity index is 3140. The predicted octanol–water partition coefficient (Wildman–Crippen LogP) is 15.2. The molecule has 7 heteroatoms. The molecule has 4 aromatic heterocycles. The highest BCUT2D eigenvalue weighted by Crippen LogP contribution is 2.50. The van der Waals surface area contributed by atoms with Crippen LogP contribution in [0.5, 0.6) is 0 Å². The zero-order valence-corrected chi connectivity index (χ0v) is 35.1. The van der Waals surface area contributed by atoms with Gasteiger partial charge in [-0.25, -0.2) is 20.0 Å². The maximum Gasteiger partial charge on any atom is 0.160 e. The Hall–Kier alpha value is -6.90. The van der Waals surface area contributed by atoms with Gasteiger partial charge in [0, 0.05) is 73.0 Å². The summed E-state index contributed by atoms with van der Waals surface area (Å²) in [5, 5.41) is 7.05. The molecule has 4 heterocycles. The molecule has 0 N–H and O–H groups in total. The van der Waals surface area contributed by atoms with Gasteiger partial charge in [-0.15, -0.1) is 34.0 Å². The summed E-state index contributed by atoms with van der Waals surface area (Å²) in [5.41, 5.74) is 14.5. The number of nitrogens with zero attached hydrogens (tertiary/aromatic N) is 4. The van der Waals surface area contributed by atoms with E-state index in [9.17, 15) is 0 Å². The summed E-state index contributed by atoms with van der Waals surface area (Å²) in [6.45, 7) is 6.47. The molecule has 0 atom stereocenters. The highest BCUT2D eigenvalue weighted by atomic mass is 32.2. The molecule has 60 heavy (non-hydrogen) atoms. The number of benzene rings is 6. The van der Waals surface area contributed by atoms with E-state index in [1.54, 1.807) is 22.7 Å². The van der Waals surface area contributed by atoms with Gasteiger partial charge in [0.1, 0.15) is 0 Å². The Labute approximate surface area is 360 Å². The van der Waals surface area contributed by atoms with E-state index in [0.29, 0.717) is 17.4 Å². The number of fused-ring (bicyclic) bond motifs is 3. The van der Waals surface area contributed by atoms with E-state index in [4.69, 9.17) is 20.0 Å². The summed E-state index contributed by atoms with van der Waals surface area (Å²) in [6, 6.07) is 56.5. The fourth-order valence-corrected chi connectivity index (χ4v) is 11.2. The highest BCUT2D eigenvalue weighted by Gasteiger charge is 2.20. The van der Waals surface area contributed by atoms with Crippen molar-refractivity contribution < 1.29 is 0 Å². The van der Waals surface area contributed by atoms with E-state index < -0.39 is 0 Å². The molecule has 0 unspecified atom stereocenters. The molecule has 0 saturated heterocycles. The molecule has 10 aromatic rings. The minimum atomic E-state index is 0.626. The van der Waals surface area contributed by atoms with Crippen LogP contribution in [-0.4, -0.2) is 21.5 Å². The van der Waals surface area contributed by atoms with E-state index in [2.05, 4.69) is 120 Å². The van der Waals surface area contributed by atoms with Crippen LogP contribution in [0, 0.1) is 0 Å². The lowest BCUT2D eigenvalue weighted by atomic mass is 9.96. The number of amidine groups is 1. The first-order valence-corrected chi connectivity index (χ1v) is 22.2. The molecule has 4 nitrogen and oxygen atoms in total. The molecule has 0 spiro atoms. The molecule has 0 amide bonds. The molecule has 10 rings (SSSR count). The largest absolute Gasteiger partial charge is 0.236 e. The van der Waals surface area contributed by atoms with Crippen LogP contribution in [0.2, 0.25) is 0 Å². The Morgan fingerprint density at radius 1 is 0.467 bits per heavy atom. The van der Waals surface area contributed by atoms with E-state index >= 15 is 0 Å². The van der Waals surface area contributed by atoms with Crippen molar-refractivity contribution in [2.45, 2.75) is 6.92 Å². The molecule has 0 aliphatic heterocycles. The average Bonchev–Trinajstić information content (AvgIpc) is 4.02. The minimum absolute atomic E-state index is 0.626. The van der Waals surface area contributed by atoms with Crippen LogP contribution in [0.25, 0.3) is 80.4 Å². The van der Waals surface area contributed by atoms with Gasteiger partial charge in [-0.1, -0.05) is 146 Å². The van der Waals surface area contributed by atoms with E-state index in [0.717, 1.165) is 66.9 Å². The maximum absolute atomic E-state index is 5.05. The summed E-state index contributed by atoms with van der Waals surface area (Å²) in [6.07, 6.45) is 3.96. The van der Waals surface area contributed by atoms with Crippen LogP contribution < -0.4 is 0 Å². The van der Waals surface area contributed by atoms with E-state index in [1.807, 2.05) is 91.3 Å². The van der Waals surface area contributed by atoms with Crippen molar-refractivity contribution in [1.29, 1.82) is 0 Å². The van der Waals surface area contributed by atoms with Crippen LogP contribution in [0.4, 0.5) is 0 Å². The molecule has 6 aromatic carbocycles. The van der Waals surface area contributed by atoms with Gasteiger partial charge < -0.3 is 0 Å². The Kier molecular flexibility index (Phi) is 10.2. The van der Waals surface area contributed by atoms with Crippen molar-refractivity contribution in [3.05, 3.63) is 210 Å². The van der Waals surface area contributed by atoms with Crippen molar-refractivity contribution in [2.75, 3.05) is 0 Å². The van der Waals surface area contributed by atoms with Crippen LogP contribution in [0.1, 0.15) is 23.6 Å². The van der Waals surface area contributed by atoms with Crippen LogP contribution >= 0.6 is 34.0 Å². The summed E-state index contributed by atoms with van der Waals surface area (Å²) >= 11 is 5.43. The normalized spacial score (nSPS) is 12.0. The van der Waals surface area contributed by atoms with Gasteiger partial charge in [-0.3, -0.25) is 0 Å². The molecular formula is C53H36N4S3. The van der Waals surface area contributed by atoms with E-state index in [1.165, 1.54) is 24.4 Å². The summed E-state index contributed by atoms with van der Waals surface area (Å²) in [4.78, 5) is 20.0. The average molecular weight is 825 g/mol. The number of thiophene rings is 3. The highest BCUT2D eigenvalue weighted by molar-refractivity contribution is 7.48. The summed E-state index contributed by atoms with van der Waals surface area (Å²) in [5.74, 6) is 1.32. The van der Waals surface area contributed by atoms with E-state index in [-0.39, 0.29) is 0 Å². The fraction of sp³-hybridized carbons (Fsp3) is 0.0189. The topological polar surface area (TPSA) is 50.5 Å². The van der Waals surface area contributed by atoms with Gasteiger partial charge in [-0.05, 0) is 64.6 Å². The van der Waals surface area contributed by atoms with Crippen molar-refractivity contribution in [1.82, 2.24) is 9.97 Å². The standard InChI is InChI=1S/C53H36N4S3/c1-34(36-16-7-3-8-17-36)56-51(39-22-13-6-14-23-39)57-35(2)40-24-15-25-41(26-40)46-32-58-52-48(46)49-47(33-59-53(49)60-52)45-30-54-50(55-31-45)44-28-42(37-18-9-4-10-19-37)27-43(29-44)38-20-11-5-12-21-38/h3-33H,2H2,1H3/b56-34+,57-51-. The molecule has 0 radical (unpaired) electrons. The van der Waals surface area contributed by atoms with Crippen LogP contribution in [0.3, 0.4) is 0 Å². The maximum atomic E-state index is 5.05. The van der Waals surface area contributed by atoms with Crippen molar-refractivity contribution >= 4 is 70.1 Å². The zero-order chi connectivity index (χ0) is 40.4. The molecule has 0 bridgehead atoms. The number of rotatable bonds is 9. The van der Waals surface area contributed by atoms with Crippen molar-refractivity contribution in [3.63, 3.8) is 0 Å². The fourth-order valence-electron chi connectivity index (χ4n) is 7.48. The third-order valence-corrected chi connectivity index (χ3v) is 14.0. The summed E-state index contributed by atoms with van der Waals surface area (Å²) < 4.78 is 2.60. The smallest absolute Gasteiger partial charge is 0.160 e. The van der Waals surface area contributed by atoms with Crippen LogP contribution in [-0.2, 0) is 0 Å². The van der Waals surface area contributed by atoms with Gasteiger partial charge in [0.25, 0.3) is 0 Å². The SMILES string of the molecule is C=C(/N=C(\N=C(/C)c1ccccc1)c1ccccc1)c1cccc(-c2csc3sc4scc(-c5cnc(-c6cc(-c7ccccc7)cc(-c7ccccc7)c6)nc5)c4c23)c1. The molecule has 0 aliphatic carbocycles. The molecule has 0 saturated carbocycles. The lowest BCUT2D eigenvalue weighted by Crippen LogP contribution is -2.04. The Morgan fingerprint density at radius 3 is 1.53 bits per heavy atom. The van der Waals surface area contributed by atoms with Gasteiger partial charge in [-0.2, -0.15) is 0 Å². The first kappa shape index (κ1) is 37.4. The second-order valence-electron chi connectivity index (χ2n) is 14.4. The minimum Gasteiger partial charge on any atom is -0.236 e. The van der Waals surface area contributed by atoms with Gasteiger partial charge in [0.15, 0.2) is 11.7 Å². The van der Waals surface area contributed by atoms with Gasteiger partial charge >= 0.3 is 0 Å². The van der Waals surface area contributed by atoms with Crippen LogP contribution in [0.15, 0.2) is 204 Å². The third kappa shape index (κ3) is 7.46. The Morgan fingerprint density at radius 2 is 0.950 bits per heavy atom. The second kappa shape index (κ2) is 16.4. The molecule has 0 fully saturated rings. The van der Waals surface area contributed by atoms with Gasteiger partial charge in [0.05, 0.1) is 13.7 Å². The first-order valence-electron chi connectivity index (χ1n) is 19.6. The number of hydrogen-bond donors (Lipinski definition) is 0. The predicted molar refractivity (Wildman–Crippen MR) is 259 cm³/mol. The first-order chi connectivity index (χ1) is 29.6. The Balaban J connectivity index is 0.996. The second-order valence-corrected chi connectivity index (χ2v) is 17.7. The number of aliphatic imine (C=N–C) groups is 2. The summed E-state index contributed by atoms with van der Waals surface area (Å²) in [7, 11) is 0. The monoisotopic (exact) mass is 824 g/mol. The quantitative estimate of drug-likeness (QED) is 0.108. The third-order valence-electron chi connectivity index (χ3n) is 10.6. The number of hydrogen-bond acceptors (Lipinski definition) is 6. The molecule has 0 aliphatic rings. The van der Waals surface area contributed by atoms with Crippen molar-refractivity contribution in [3.8, 4) is 55.9 Å². The number of aromatic nitrogens is 2. The molecular weight excluding hydrogens is 789 g/mol. The van der Waals surface area contributed by atoms with Crippen molar-refractivity contribution in [2.24, 2.45) is 9.98 Å².